The average molecular weight is 426 g/mol. The number of nitrogens with one attached hydrogen (secondary N) is 2. The van der Waals surface area contributed by atoms with E-state index in [0.717, 1.165) is 36.0 Å². The molecule has 8 nitrogen and oxygen atoms in total. The van der Waals surface area contributed by atoms with Gasteiger partial charge in [0.25, 0.3) is 5.91 Å². The highest BCUT2D eigenvalue weighted by Crippen LogP contribution is 2.67. The molecule has 4 aliphatic rings. The van der Waals surface area contributed by atoms with Crippen LogP contribution in [0.2, 0.25) is 0 Å². The topological polar surface area (TPSA) is 124 Å². The number of nitrogens with zero attached hydrogens (tertiary/aromatic N) is 4. The first-order valence-electron chi connectivity index (χ1n) is 10.5. The number of amides is 1. The van der Waals surface area contributed by atoms with Crippen LogP contribution in [0.3, 0.4) is 0 Å². The third-order valence-corrected chi connectivity index (χ3v) is 6.58. The summed E-state index contributed by atoms with van der Waals surface area (Å²) in [6, 6.07) is 8.00. The second-order valence-electron chi connectivity index (χ2n) is 9.19. The number of carbonyl (C=O) groups is 1. The van der Waals surface area contributed by atoms with Gasteiger partial charge in [-0.1, -0.05) is 0 Å². The smallest absolute Gasteiger partial charge is 0.271 e. The maximum Gasteiger partial charge on any atom is 0.271 e. The van der Waals surface area contributed by atoms with Crippen LogP contribution in [0.15, 0.2) is 18.2 Å². The van der Waals surface area contributed by atoms with E-state index >= 15 is 0 Å². The minimum atomic E-state index is -0.267. The van der Waals surface area contributed by atoms with Crippen molar-refractivity contribution in [2.24, 2.45) is 5.41 Å². The van der Waals surface area contributed by atoms with Gasteiger partial charge in [0, 0.05) is 11.6 Å². The number of rotatable bonds is 5. The molecule has 1 aromatic heterocycles. The molecule has 1 aliphatic heterocycles. The number of carbonyl (C=O) groups excluding carboxylic acids is 1. The number of aromatic nitrogens is 2. The van der Waals surface area contributed by atoms with Crippen LogP contribution in [0.5, 0.6) is 11.6 Å². The van der Waals surface area contributed by atoms with Crippen LogP contribution in [0.4, 0.5) is 5.95 Å². The second-order valence-corrected chi connectivity index (χ2v) is 9.19. The molecule has 32 heavy (non-hydrogen) atoms. The first kappa shape index (κ1) is 20.0. The molecule has 3 saturated carbocycles. The van der Waals surface area contributed by atoms with Gasteiger partial charge in [0.1, 0.15) is 11.4 Å². The third kappa shape index (κ3) is 2.99. The Balaban J connectivity index is 1.50. The molecule has 1 unspecified atom stereocenters. The number of hydrogen-bond donors (Lipinski definition) is 2. The fraction of sp³-hybridized carbons (Fsp3) is 0.375. The summed E-state index contributed by atoms with van der Waals surface area (Å²) in [5, 5.41) is 24.3. The van der Waals surface area contributed by atoms with Gasteiger partial charge in [-0.05, 0) is 74.9 Å². The lowest BCUT2D eigenvalue weighted by Crippen LogP contribution is -2.70. The predicted molar refractivity (Wildman–Crippen MR) is 117 cm³/mol. The summed E-state index contributed by atoms with van der Waals surface area (Å²) in [6.07, 6.45) is 5.49. The minimum absolute atomic E-state index is 0.164. The largest absolute Gasteiger partial charge is 0.438 e. The monoisotopic (exact) mass is 426 g/mol. The summed E-state index contributed by atoms with van der Waals surface area (Å²) in [5.41, 5.74) is 3.28. The molecule has 0 radical (unpaired) electrons. The molecular formula is C24H22N6O2. The Hall–Kier alpha value is -3.91. The Morgan fingerprint density at radius 1 is 1.22 bits per heavy atom. The van der Waals surface area contributed by atoms with Crippen LogP contribution < -0.4 is 15.4 Å². The molecule has 1 aromatic carbocycles. The molecule has 1 amide bonds. The number of benzene rings is 1. The molecule has 2 bridgehead atoms. The van der Waals surface area contributed by atoms with Crippen molar-refractivity contribution < 1.29 is 9.53 Å². The zero-order chi connectivity index (χ0) is 22.7. The molecule has 6 rings (SSSR count). The Morgan fingerprint density at radius 2 is 1.91 bits per heavy atom. The maximum absolute atomic E-state index is 12.5. The van der Waals surface area contributed by atoms with Crippen molar-refractivity contribution in [2.75, 3.05) is 5.32 Å². The molecule has 1 atom stereocenters. The van der Waals surface area contributed by atoms with Gasteiger partial charge < -0.3 is 15.4 Å². The maximum atomic E-state index is 12.5. The fourth-order valence-corrected chi connectivity index (χ4v) is 5.23. The first-order valence-corrected chi connectivity index (χ1v) is 10.5. The molecule has 2 N–H and O–H groups in total. The van der Waals surface area contributed by atoms with Gasteiger partial charge in [0.2, 0.25) is 11.8 Å². The van der Waals surface area contributed by atoms with E-state index in [4.69, 9.17) is 10.00 Å². The fourth-order valence-electron chi connectivity index (χ4n) is 5.23. The van der Waals surface area contributed by atoms with Gasteiger partial charge in [-0.15, -0.1) is 0 Å². The molecule has 3 aliphatic carbocycles. The lowest BCUT2D eigenvalue weighted by atomic mass is 9.40. The number of ether oxygens (including phenoxy) is 1. The van der Waals surface area contributed by atoms with Crippen molar-refractivity contribution in [3.8, 4) is 23.8 Å². The molecular weight excluding hydrogens is 404 g/mol. The zero-order valence-electron chi connectivity index (χ0n) is 18.1. The molecule has 160 valence electrons. The zero-order valence-corrected chi connectivity index (χ0v) is 18.1. The van der Waals surface area contributed by atoms with E-state index in [2.05, 4.69) is 26.7 Å². The minimum Gasteiger partial charge on any atom is -0.438 e. The summed E-state index contributed by atoms with van der Waals surface area (Å²) in [6.45, 7) is 5.74. The average Bonchev–Trinajstić information content (AvgIpc) is 2.98. The molecule has 0 saturated heterocycles. The van der Waals surface area contributed by atoms with Crippen LogP contribution in [0.1, 0.15) is 65.0 Å². The quantitative estimate of drug-likeness (QED) is 0.690. The molecule has 2 heterocycles. The van der Waals surface area contributed by atoms with E-state index in [1.54, 1.807) is 6.08 Å². The Morgan fingerprint density at radius 3 is 2.53 bits per heavy atom. The van der Waals surface area contributed by atoms with E-state index in [1.807, 2.05) is 39.0 Å². The van der Waals surface area contributed by atoms with Crippen molar-refractivity contribution in [1.82, 2.24) is 15.3 Å². The van der Waals surface area contributed by atoms with Crippen molar-refractivity contribution in [3.63, 3.8) is 0 Å². The Labute approximate surface area is 185 Å². The Kier molecular flexibility index (Phi) is 4.25. The highest BCUT2D eigenvalue weighted by molar-refractivity contribution is 5.98. The van der Waals surface area contributed by atoms with Gasteiger partial charge >= 0.3 is 0 Å². The van der Waals surface area contributed by atoms with Crippen LogP contribution >= 0.6 is 0 Å². The van der Waals surface area contributed by atoms with Crippen LogP contribution in [0, 0.1) is 41.9 Å². The molecule has 3 fully saturated rings. The highest BCUT2D eigenvalue weighted by Gasteiger charge is 2.69. The summed E-state index contributed by atoms with van der Waals surface area (Å²) >= 11 is 0. The Bertz CT molecular complexity index is 1240. The van der Waals surface area contributed by atoms with Crippen molar-refractivity contribution in [2.45, 2.75) is 51.6 Å². The third-order valence-electron chi connectivity index (χ3n) is 6.58. The lowest BCUT2D eigenvalue weighted by Gasteiger charge is -2.66. The van der Waals surface area contributed by atoms with Crippen molar-refractivity contribution in [1.29, 1.82) is 10.5 Å². The lowest BCUT2D eigenvalue weighted by molar-refractivity contribution is -0.0665. The van der Waals surface area contributed by atoms with E-state index in [0.29, 0.717) is 28.8 Å². The number of hydrogen-bond acceptors (Lipinski definition) is 7. The first-order chi connectivity index (χ1) is 15.3. The van der Waals surface area contributed by atoms with Crippen LogP contribution in [-0.4, -0.2) is 21.4 Å². The molecule has 2 aromatic rings. The number of aryl methyl sites for hydroxylation is 2. The normalized spacial score (nSPS) is 26.9. The number of allylic oxidation sites excluding steroid dienone is 1. The second kappa shape index (κ2) is 6.80. The summed E-state index contributed by atoms with van der Waals surface area (Å²) in [4.78, 5) is 21.6. The van der Waals surface area contributed by atoms with Crippen LogP contribution in [0.25, 0.3) is 6.08 Å². The van der Waals surface area contributed by atoms with E-state index in [1.165, 1.54) is 6.08 Å². The van der Waals surface area contributed by atoms with E-state index < -0.39 is 0 Å². The number of nitriles is 2. The summed E-state index contributed by atoms with van der Waals surface area (Å²) in [7, 11) is 0. The standard InChI is InChI=1S/C24H22N6O2/c1-13-7-16(5-4-6-25)8-14(2)19(13)32-21-17-15(3)27-20(31)18(17)28-22(29-21)30-24-9-23(10-24,11-24)12-26/h4-5,7-8,15H,9-11H2,1-3H3,(H,27,31)(H,28,29,30)/b5-4+. The van der Waals surface area contributed by atoms with Crippen LogP contribution in [-0.2, 0) is 0 Å². The van der Waals surface area contributed by atoms with Crippen molar-refractivity contribution >= 4 is 17.9 Å². The van der Waals surface area contributed by atoms with Gasteiger partial charge in [0.05, 0.1) is 29.2 Å². The SMILES string of the molecule is Cc1cc(/C=C/C#N)cc(C)c1Oc1nc(NC23CC(C#N)(C2)C3)nc2c1C(C)NC2=O. The summed E-state index contributed by atoms with van der Waals surface area (Å²) in [5.74, 6) is 1.10. The van der Waals surface area contributed by atoms with Gasteiger partial charge in [-0.25, -0.2) is 4.98 Å². The number of fused-ring (bicyclic) bond motifs is 1. The van der Waals surface area contributed by atoms with E-state index in [-0.39, 0.29) is 22.9 Å². The van der Waals surface area contributed by atoms with Gasteiger partial charge in [-0.2, -0.15) is 15.5 Å². The molecule has 8 heteroatoms. The van der Waals surface area contributed by atoms with Gasteiger partial charge in [0.15, 0.2) is 0 Å². The van der Waals surface area contributed by atoms with Gasteiger partial charge in [-0.3, -0.25) is 4.79 Å². The summed E-state index contributed by atoms with van der Waals surface area (Å²) < 4.78 is 6.30. The van der Waals surface area contributed by atoms with E-state index in [9.17, 15) is 10.1 Å². The highest BCUT2D eigenvalue weighted by atomic mass is 16.5. The van der Waals surface area contributed by atoms with Crippen molar-refractivity contribution in [3.05, 3.63) is 46.2 Å². The predicted octanol–water partition coefficient (Wildman–Crippen LogP) is 4.09. The molecule has 0 spiro atoms. The number of anilines is 1.